The predicted molar refractivity (Wildman–Crippen MR) is 76.2 cm³/mol. The molecule has 1 N–H and O–H groups in total. The minimum Gasteiger partial charge on any atom is -0.347 e. The van der Waals surface area contributed by atoms with Gasteiger partial charge >= 0.3 is 0 Å². The van der Waals surface area contributed by atoms with E-state index in [0.717, 1.165) is 27.5 Å². The number of halogens is 2. The minimum absolute atomic E-state index is 0.0793. The van der Waals surface area contributed by atoms with Gasteiger partial charge in [-0.2, -0.15) is 0 Å². The predicted octanol–water partition coefficient (Wildman–Crippen LogP) is 3.49. The van der Waals surface area contributed by atoms with Crippen LogP contribution in [0.4, 0.5) is 10.1 Å². The van der Waals surface area contributed by atoms with Crippen molar-refractivity contribution in [2.24, 2.45) is 0 Å². The Kier molecular flexibility index (Phi) is 4.46. The van der Waals surface area contributed by atoms with Crippen molar-refractivity contribution in [3.8, 4) is 0 Å². The first-order chi connectivity index (χ1) is 9.47. The Bertz CT molecular complexity index is 674. The van der Waals surface area contributed by atoms with Crippen molar-refractivity contribution in [1.82, 2.24) is 5.32 Å². The Morgan fingerprint density at radius 3 is 2.80 bits per heavy atom. The van der Waals surface area contributed by atoms with Crippen LogP contribution in [0, 0.1) is 15.9 Å². The lowest BCUT2D eigenvalue weighted by molar-refractivity contribution is -0.385. The molecule has 0 atom stereocenters. The van der Waals surface area contributed by atoms with Gasteiger partial charge in [-0.25, -0.2) is 4.39 Å². The Labute approximate surface area is 125 Å². The SMILES string of the molecule is O=C(NCc1sccc1Br)c1cc(F)cc([N+](=O)[O-])c1. The zero-order valence-corrected chi connectivity index (χ0v) is 12.3. The molecule has 1 aromatic heterocycles. The summed E-state index contributed by atoms with van der Waals surface area (Å²) in [5.74, 6) is -1.38. The van der Waals surface area contributed by atoms with Gasteiger partial charge in [0.05, 0.1) is 17.5 Å². The zero-order chi connectivity index (χ0) is 14.7. The lowest BCUT2D eigenvalue weighted by atomic mass is 10.2. The van der Waals surface area contributed by atoms with Gasteiger partial charge < -0.3 is 5.32 Å². The fourth-order valence-corrected chi connectivity index (χ4v) is 2.96. The van der Waals surface area contributed by atoms with Gasteiger partial charge in [0, 0.05) is 21.0 Å². The summed E-state index contributed by atoms with van der Waals surface area (Å²) >= 11 is 4.78. The highest BCUT2D eigenvalue weighted by atomic mass is 79.9. The third-order valence-corrected chi connectivity index (χ3v) is 4.38. The molecular formula is C12H8BrFN2O3S. The molecule has 0 fully saturated rings. The number of benzene rings is 1. The van der Waals surface area contributed by atoms with Gasteiger partial charge in [-0.3, -0.25) is 14.9 Å². The van der Waals surface area contributed by atoms with Crippen molar-refractivity contribution in [1.29, 1.82) is 0 Å². The van der Waals surface area contributed by atoms with Crippen LogP contribution in [0.2, 0.25) is 0 Å². The lowest BCUT2D eigenvalue weighted by Gasteiger charge is -2.04. The van der Waals surface area contributed by atoms with Gasteiger partial charge in [0.15, 0.2) is 0 Å². The van der Waals surface area contributed by atoms with Crippen LogP contribution in [0.25, 0.3) is 0 Å². The van der Waals surface area contributed by atoms with Crippen LogP contribution in [0.5, 0.6) is 0 Å². The maximum absolute atomic E-state index is 13.2. The number of hydrogen-bond acceptors (Lipinski definition) is 4. The van der Waals surface area contributed by atoms with Crippen LogP contribution in [0.3, 0.4) is 0 Å². The Morgan fingerprint density at radius 2 is 2.20 bits per heavy atom. The molecule has 20 heavy (non-hydrogen) atoms. The van der Waals surface area contributed by atoms with Gasteiger partial charge in [0.2, 0.25) is 0 Å². The summed E-state index contributed by atoms with van der Waals surface area (Å²) in [6.07, 6.45) is 0. The van der Waals surface area contributed by atoms with Gasteiger partial charge in [-0.1, -0.05) is 0 Å². The molecule has 0 spiro atoms. The van der Waals surface area contributed by atoms with Crippen LogP contribution in [-0.4, -0.2) is 10.8 Å². The van der Waals surface area contributed by atoms with Crippen molar-refractivity contribution in [3.05, 3.63) is 60.5 Å². The highest BCUT2D eigenvalue weighted by Crippen LogP contribution is 2.22. The maximum Gasteiger partial charge on any atom is 0.273 e. The first-order valence-electron chi connectivity index (χ1n) is 5.42. The molecule has 8 heteroatoms. The van der Waals surface area contributed by atoms with E-state index in [1.54, 1.807) is 0 Å². The third kappa shape index (κ3) is 3.40. The van der Waals surface area contributed by atoms with Crippen LogP contribution in [0.1, 0.15) is 15.2 Å². The second-order valence-electron chi connectivity index (χ2n) is 3.83. The van der Waals surface area contributed by atoms with Crippen LogP contribution >= 0.6 is 27.3 Å². The highest BCUT2D eigenvalue weighted by molar-refractivity contribution is 9.10. The van der Waals surface area contributed by atoms with E-state index >= 15 is 0 Å². The first-order valence-corrected chi connectivity index (χ1v) is 7.09. The summed E-state index contributed by atoms with van der Waals surface area (Å²) in [4.78, 5) is 22.7. The van der Waals surface area contributed by atoms with Gasteiger partial charge in [0.25, 0.3) is 11.6 Å². The van der Waals surface area contributed by atoms with Crippen molar-refractivity contribution in [2.45, 2.75) is 6.54 Å². The standard InChI is InChI=1S/C12H8BrFN2O3S/c13-10-1-2-20-11(10)6-15-12(17)7-3-8(14)5-9(4-7)16(18)19/h1-5H,6H2,(H,15,17). The monoisotopic (exact) mass is 358 g/mol. The minimum atomic E-state index is -0.818. The van der Waals surface area contributed by atoms with Gasteiger partial charge in [-0.15, -0.1) is 11.3 Å². The number of amides is 1. The molecule has 0 aliphatic carbocycles. The number of carbonyl (C=O) groups is 1. The number of nitrogens with one attached hydrogen (secondary N) is 1. The summed E-state index contributed by atoms with van der Waals surface area (Å²) in [6.45, 7) is 0.265. The summed E-state index contributed by atoms with van der Waals surface area (Å²) in [6, 6.07) is 4.62. The second-order valence-corrected chi connectivity index (χ2v) is 5.68. The molecule has 0 aliphatic rings. The van der Waals surface area contributed by atoms with E-state index < -0.39 is 22.3 Å². The number of thiophene rings is 1. The molecule has 0 unspecified atom stereocenters. The molecule has 0 bridgehead atoms. The molecule has 0 saturated carbocycles. The number of nitro groups is 1. The van der Waals surface area contributed by atoms with Gasteiger partial charge in [-0.05, 0) is 33.4 Å². The summed E-state index contributed by atoms with van der Waals surface area (Å²) in [5.41, 5.74) is -0.531. The quantitative estimate of drug-likeness (QED) is 0.671. The Hall–Kier alpha value is -1.80. The van der Waals surface area contributed by atoms with E-state index in [4.69, 9.17) is 0 Å². The molecule has 5 nitrogen and oxygen atoms in total. The molecule has 1 heterocycles. The zero-order valence-electron chi connectivity index (χ0n) is 9.93. The number of nitrogens with zero attached hydrogens (tertiary/aromatic N) is 1. The molecule has 1 amide bonds. The lowest BCUT2D eigenvalue weighted by Crippen LogP contribution is -2.22. The number of nitro benzene ring substituents is 1. The molecule has 2 aromatic rings. The van der Waals surface area contributed by atoms with E-state index in [2.05, 4.69) is 21.2 Å². The molecule has 104 valence electrons. The van der Waals surface area contributed by atoms with E-state index in [-0.39, 0.29) is 12.1 Å². The smallest absolute Gasteiger partial charge is 0.273 e. The fourth-order valence-electron chi connectivity index (χ4n) is 1.52. The van der Waals surface area contributed by atoms with Crippen molar-refractivity contribution < 1.29 is 14.1 Å². The van der Waals surface area contributed by atoms with Crippen molar-refractivity contribution in [2.75, 3.05) is 0 Å². The van der Waals surface area contributed by atoms with Crippen molar-refractivity contribution >= 4 is 38.9 Å². The van der Waals surface area contributed by atoms with E-state index in [0.29, 0.717) is 0 Å². The topological polar surface area (TPSA) is 72.2 Å². The normalized spacial score (nSPS) is 10.3. The number of non-ortho nitro benzene ring substituents is 1. The first kappa shape index (κ1) is 14.6. The van der Waals surface area contributed by atoms with Crippen molar-refractivity contribution in [3.63, 3.8) is 0 Å². The van der Waals surface area contributed by atoms with E-state index in [9.17, 15) is 19.3 Å². The fraction of sp³-hybridized carbons (Fsp3) is 0.0833. The molecule has 0 radical (unpaired) electrons. The second kappa shape index (κ2) is 6.10. The van der Waals surface area contributed by atoms with Crippen LogP contribution in [0.15, 0.2) is 34.1 Å². The number of rotatable bonds is 4. The molecule has 2 rings (SSSR count). The Morgan fingerprint density at radius 1 is 1.45 bits per heavy atom. The van der Waals surface area contributed by atoms with E-state index in [1.165, 1.54) is 11.3 Å². The number of hydrogen-bond donors (Lipinski definition) is 1. The van der Waals surface area contributed by atoms with Crippen LogP contribution < -0.4 is 5.32 Å². The van der Waals surface area contributed by atoms with Crippen LogP contribution in [-0.2, 0) is 6.54 Å². The number of carbonyl (C=O) groups excluding carboxylic acids is 1. The summed E-state index contributed by atoms with van der Waals surface area (Å²) < 4.78 is 14.1. The third-order valence-electron chi connectivity index (χ3n) is 2.46. The van der Waals surface area contributed by atoms with E-state index in [1.807, 2.05) is 11.4 Å². The molecular weight excluding hydrogens is 351 g/mol. The Balaban J connectivity index is 2.13. The molecule has 1 aromatic carbocycles. The summed E-state index contributed by atoms with van der Waals surface area (Å²) in [5, 5.41) is 15.1. The maximum atomic E-state index is 13.2. The average molecular weight is 359 g/mol. The largest absolute Gasteiger partial charge is 0.347 e. The molecule has 0 saturated heterocycles. The summed E-state index contributed by atoms with van der Waals surface area (Å²) in [7, 11) is 0. The molecule has 0 aliphatic heterocycles. The van der Waals surface area contributed by atoms with Gasteiger partial charge in [0.1, 0.15) is 5.82 Å². The highest BCUT2D eigenvalue weighted by Gasteiger charge is 2.15. The average Bonchev–Trinajstić information content (AvgIpc) is 2.80.